The predicted molar refractivity (Wildman–Crippen MR) is 74.4 cm³/mol. The average Bonchev–Trinajstić information content (AvgIpc) is 3.16. The highest BCUT2D eigenvalue weighted by Gasteiger charge is 2.41. The number of hydrogen-bond acceptors (Lipinski definition) is 4. The monoisotopic (exact) mass is 277 g/mol. The van der Waals surface area contributed by atoms with Crippen LogP contribution in [0.1, 0.15) is 20.3 Å². The normalized spacial score (nSPS) is 21.8. The van der Waals surface area contributed by atoms with Crippen LogP contribution < -0.4 is 10.1 Å². The number of ether oxygens (including phenoxy) is 2. The van der Waals surface area contributed by atoms with Crippen LogP contribution in [0.4, 0.5) is 5.69 Å². The zero-order valence-electron chi connectivity index (χ0n) is 11.9. The van der Waals surface area contributed by atoms with Crippen LogP contribution in [0.25, 0.3) is 0 Å². The molecule has 1 fully saturated rings. The van der Waals surface area contributed by atoms with Crippen molar-refractivity contribution in [3.63, 3.8) is 0 Å². The molecule has 3 unspecified atom stereocenters. The number of para-hydroxylation sites is 2. The molecule has 3 atom stereocenters. The fourth-order valence-corrected chi connectivity index (χ4v) is 1.95. The van der Waals surface area contributed by atoms with Crippen molar-refractivity contribution in [3.8, 4) is 5.75 Å². The van der Waals surface area contributed by atoms with Crippen LogP contribution in [0, 0.1) is 11.8 Å². The molecule has 0 heterocycles. The zero-order valence-corrected chi connectivity index (χ0v) is 11.9. The van der Waals surface area contributed by atoms with E-state index in [2.05, 4.69) is 5.32 Å². The van der Waals surface area contributed by atoms with Gasteiger partial charge in [-0.15, -0.1) is 0 Å². The number of nitrogens with one attached hydrogen (secondary N) is 1. The van der Waals surface area contributed by atoms with E-state index in [1.165, 1.54) is 7.11 Å². The molecule has 0 saturated heterocycles. The van der Waals surface area contributed by atoms with Crippen LogP contribution in [0.15, 0.2) is 24.3 Å². The Morgan fingerprint density at radius 2 is 2.00 bits per heavy atom. The van der Waals surface area contributed by atoms with Gasteiger partial charge in [-0.25, -0.2) is 0 Å². The van der Waals surface area contributed by atoms with Gasteiger partial charge in [0.1, 0.15) is 5.75 Å². The van der Waals surface area contributed by atoms with E-state index < -0.39 is 6.10 Å². The Morgan fingerprint density at radius 1 is 1.35 bits per heavy atom. The third-order valence-corrected chi connectivity index (χ3v) is 3.44. The zero-order chi connectivity index (χ0) is 14.7. The number of hydrogen-bond donors (Lipinski definition) is 1. The molecule has 1 amide bonds. The van der Waals surface area contributed by atoms with Gasteiger partial charge in [-0.1, -0.05) is 19.1 Å². The standard InChI is InChI=1S/C15H19NO4/c1-9-8-11(9)15(18)20-10(2)14(17)16-12-6-4-5-7-13(12)19-3/h4-7,9-11H,8H2,1-3H3,(H,16,17). The minimum Gasteiger partial charge on any atom is -0.495 e. The van der Waals surface area contributed by atoms with Gasteiger partial charge in [0.05, 0.1) is 18.7 Å². The Balaban J connectivity index is 1.92. The van der Waals surface area contributed by atoms with Gasteiger partial charge in [0.15, 0.2) is 6.10 Å². The Bertz CT molecular complexity index is 514. The molecule has 0 aliphatic heterocycles. The summed E-state index contributed by atoms with van der Waals surface area (Å²) in [5, 5.41) is 2.70. The van der Waals surface area contributed by atoms with Crippen LogP contribution in [-0.2, 0) is 14.3 Å². The highest BCUT2D eigenvalue weighted by Crippen LogP contribution is 2.38. The van der Waals surface area contributed by atoms with Gasteiger partial charge in [-0.05, 0) is 31.4 Å². The first-order valence-corrected chi connectivity index (χ1v) is 6.67. The number of methoxy groups -OCH3 is 1. The van der Waals surface area contributed by atoms with Crippen molar-refractivity contribution >= 4 is 17.6 Å². The maximum atomic E-state index is 12.0. The van der Waals surface area contributed by atoms with Crippen molar-refractivity contribution in [2.75, 3.05) is 12.4 Å². The van der Waals surface area contributed by atoms with E-state index in [-0.39, 0.29) is 17.8 Å². The van der Waals surface area contributed by atoms with Crippen molar-refractivity contribution in [1.29, 1.82) is 0 Å². The Labute approximate surface area is 118 Å². The fraction of sp³-hybridized carbons (Fsp3) is 0.467. The van der Waals surface area contributed by atoms with E-state index in [1.54, 1.807) is 25.1 Å². The van der Waals surface area contributed by atoms with E-state index in [0.717, 1.165) is 6.42 Å². The first kappa shape index (κ1) is 14.4. The molecule has 1 saturated carbocycles. The summed E-state index contributed by atoms with van der Waals surface area (Å²) in [6.07, 6.45) is 0.0277. The first-order chi connectivity index (χ1) is 9.52. The van der Waals surface area contributed by atoms with E-state index in [4.69, 9.17) is 9.47 Å². The summed E-state index contributed by atoms with van der Waals surface area (Å²) in [4.78, 5) is 23.7. The Morgan fingerprint density at radius 3 is 2.60 bits per heavy atom. The maximum absolute atomic E-state index is 12.0. The van der Waals surface area contributed by atoms with E-state index in [1.807, 2.05) is 13.0 Å². The van der Waals surface area contributed by atoms with Crippen molar-refractivity contribution in [2.45, 2.75) is 26.4 Å². The minimum atomic E-state index is -0.819. The lowest BCUT2D eigenvalue weighted by atomic mass is 10.2. The van der Waals surface area contributed by atoms with Crippen molar-refractivity contribution in [3.05, 3.63) is 24.3 Å². The summed E-state index contributed by atoms with van der Waals surface area (Å²) in [5.74, 6) is 0.231. The summed E-state index contributed by atoms with van der Waals surface area (Å²) in [7, 11) is 1.53. The van der Waals surface area contributed by atoms with Crippen molar-refractivity contribution in [2.24, 2.45) is 11.8 Å². The van der Waals surface area contributed by atoms with Crippen LogP contribution in [0.5, 0.6) is 5.75 Å². The number of rotatable bonds is 5. The highest BCUT2D eigenvalue weighted by molar-refractivity contribution is 5.96. The molecule has 20 heavy (non-hydrogen) atoms. The van der Waals surface area contributed by atoms with Gasteiger partial charge in [0, 0.05) is 0 Å². The van der Waals surface area contributed by atoms with Crippen LogP contribution in [-0.4, -0.2) is 25.1 Å². The molecule has 1 N–H and O–H groups in total. The molecule has 1 aromatic rings. The lowest BCUT2D eigenvalue weighted by Crippen LogP contribution is -2.30. The molecule has 108 valence electrons. The molecule has 0 bridgehead atoms. The van der Waals surface area contributed by atoms with Gasteiger partial charge in [0.25, 0.3) is 5.91 Å². The first-order valence-electron chi connectivity index (χ1n) is 6.67. The summed E-state index contributed by atoms with van der Waals surface area (Å²) in [6.45, 7) is 3.56. The van der Waals surface area contributed by atoms with Gasteiger partial charge >= 0.3 is 5.97 Å². The van der Waals surface area contributed by atoms with Crippen LogP contribution >= 0.6 is 0 Å². The summed E-state index contributed by atoms with van der Waals surface area (Å²) in [5.41, 5.74) is 0.558. The molecular formula is C15H19NO4. The van der Waals surface area contributed by atoms with E-state index >= 15 is 0 Å². The smallest absolute Gasteiger partial charge is 0.309 e. The fourth-order valence-electron chi connectivity index (χ4n) is 1.95. The van der Waals surface area contributed by atoms with E-state index in [0.29, 0.717) is 17.4 Å². The second-order valence-electron chi connectivity index (χ2n) is 5.09. The number of carbonyl (C=O) groups is 2. The molecule has 1 aromatic carbocycles. The summed E-state index contributed by atoms with van der Waals surface area (Å²) < 4.78 is 10.3. The second-order valence-corrected chi connectivity index (χ2v) is 5.09. The molecule has 1 aliphatic rings. The lowest BCUT2D eigenvalue weighted by Gasteiger charge is -2.15. The van der Waals surface area contributed by atoms with Gasteiger partial charge in [-0.2, -0.15) is 0 Å². The topological polar surface area (TPSA) is 64.6 Å². The molecule has 0 radical (unpaired) electrons. The minimum absolute atomic E-state index is 0.0449. The number of carbonyl (C=O) groups excluding carboxylic acids is 2. The molecule has 0 aromatic heterocycles. The number of benzene rings is 1. The van der Waals surface area contributed by atoms with Crippen molar-refractivity contribution in [1.82, 2.24) is 0 Å². The summed E-state index contributed by atoms with van der Waals surface area (Å²) >= 11 is 0. The Hall–Kier alpha value is -2.04. The predicted octanol–water partition coefficient (Wildman–Crippen LogP) is 2.22. The van der Waals surface area contributed by atoms with Crippen LogP contribution in [0.3, 0.4) is 0 Å². The molecule has 5 heteroatoms. The van der Waals surface area contributed by atoms with Crippen LogP contribution in [0.2, 0.25) is 0 Å². The SMILES string of the molecule is COc1ccccc1NC(=O)C(C)OC(=O)C1CC1C. The van der Waals surface area contributed by atoms with E-state index in [9.17, 15) is 9.59 Å². The number of anilines is 1. The Kier molecular flexibility index (Phi) is 4.27. The van der Waals surface area contributed by atoms with Gasteiger partial charge < -0.3 is 14.8 Å². The summed E-state index contributed by atoms with van der Waals surface area (Å²) in [6, 6.07) is 7.08. The largest absolute Gasteiger partial charge is 0.495 e. The highest BCUT2D eigenvalue weighted by atomic mass is 16.5. The number of amides is 1. The second kappa shape index (κ2) is 5.94. The average molecular weight is 277 g/mol. The molecule has 0 spiro atoms. The quantitative estimate of drug-likeness (QED) is 0.838. The molecule has 2 rings (SSSR count). The number of esters is 1. The van der Waals surface area contributed by atoms with Gasteiger partial charge in [-0.3, -0.25) is 9.59 Å². The molecular weight excluding hydrogens is 258 g/mol. The van der Waals surface area contributed by atoms with Crippen molar-refractivity contribution < 1.29 is 19.1 Å². The maximum Gasteiger partial charge on any atom is 0.309 e. The third-order valence-electron chi connectivity index (χ3n) is 3.44. The lowest BCUT2D eigenvalue weighted by molar-refractivity contribution is -0.154. The molecule has 5 nitrogen and oxygen atoms in total. The molecule has 1 aliphatic carbocycles. The van der Waals surface area contributed by atoms with Gasteiger partial charge in [0.2, 0.25) is 0 Å². The third kappa shape index (κ3) is 3.29.